The summed E-state index contributed by atoms with van der Waals surface area (Å²) in [7, 11) is 0. The quantitative estimate of drug-likeness (QED) is 0.445. The lowest BCUT2D eigenvalue weighted by molar-refractivity contribution is 1.06. The molecule has 5 nitrogen and oxygen atoms in total. The average molecular weight is 301 g/mol. The van der Waals surface area contributed by atoms with Gasteiger partial charge in [0, 0.05) is 11.9 Å². The lowest BCUT2D eigenvalue weighted by atomic mass is 10.3. The van der Waals surface area contributed by atoms with E-state index in [2.05, 4.69) is 37.2 Å². The molecule has 0 aliphatic rings. The van der Waals surface area contributed by atoms with Gasteiger partial charge in [-0.1, -0.05) is 30.3 Å². The van der Waals surface area contributed by atoms with E-state index in [1.165, 1.54) is 0 Å². The summed E-state index contributed by atoms with van der Waals surface area (Å²) >= 11 is 0. The number of rotatable bonds is 4. The molecule has 0 radical (unpaired) electrons. The maximum Gasteiger partial charge on any atom is 0.222 e. The van der Waals surface area contributed by atoms with Crippen LogP contribution in [0.4, 0.5) is 5.95 Å². The molecule has 23 heavy (non-hydrogen) atoms. The first-order chi connectivity index (χ1) is 11.4. The first-order valence-corrected chi connectivity index (χ1v) is 7.37. The topological polar surface area (TPSA) is 58.0 Å². The molecule has 0 saturated carbocycles. The minimum absolute atomic E-state index is 0.625. The van der Waals surface area contributed by atoms with Crippen molar-refractivity contribution in [3.05, 3.63) is 78.6 Å². The first kappa shape index (κ1) is 13.3. The number of H-pyrrole nitrogens is 1. The van der Waals surface area contributed by atoms with Crippen molar-refractivity contribution in [2.75, 3.05) is 5.43 Å². The SMILES string of the molecule is C(=N/Nc1nc2ccccc2[nH]1)/c1cccn1-c1ccccc1. The molecule has 5 heteroatoms. The number of hydrazone groups is 1. The molecule has 0 aliphatic carbocycles. The Hall–Kier alpha value is -3.34. The lowest BCUT2D eigenvalue weighted by Gasteiger charge is -2.05. The summed E-state index contributed by atoms with van der Waals surface area (Å²) < 4.78 is 2.07. The molecule has 0 spiro atoms. The van der Waals surface area contributed by atoms with Crippen LogP contribution in [0.1, 0.15) is 5.69 Å². The number of para-hydroxylation sites is 3. The van der Waals surface area contributed by atoms with E-state index in [1.54, 1.807) is 6.21 Å². The van der Waals surface area contributed by atoms with Crippen molar-refractivity contribution in [1.29, 1.82) is 0 Å². The molecule has 0 saturated heterocycles. The molecule has 0 amide bonds. The van der Waals surface area contributed by atoms with Crippen LogP contribution in [0.25, 0.3) is 16.7 Å². The Kier molecular flexibility index (Phi) is 3.37. The van der Waals surface area contributed by atoms with Gasteiger partial charge in [0.05, 0.1) is 22.9 Å². The van der Waals surface area contributed by atoms with Crippen LogP contribution in [0, 0.1) is 0 Å². The molecule has 0 unspecified atom stereocenters. The summed E-state index contributed by atoms with van der Waals surface area (Å²) in [6.07, 6.45) is 3.79. The predicted octanol–water partition coefficient (Wildman–Crippen LogP) is 3.80. The van der Waals surface area contributed by atoms with Crippen molar-refractivity contribution < 1.29 is 0 Å². The Balaban J connectivity index is 1.54. The van der Waals surface area contributed by atoms with Gasteiger partial charge in [-0.25, -0.2) is 10.4 Å². The highest BCUT2D eigenvalue weighted by Gasteiger charge is 2.01. The molecule has 2 aromatic heterocycles. The second-order valence-electron chi connectivity index (χ2n) is 5.11. The minimum atomic E-state index is 0.625. The fourth-order valence-electron chi connectivity index (χ4n) is 2.49. The van der Waals surface area contributed by atoms with Crippen LogP contribution in [0.5, 0.6) is 0 Å². The molecule has 4 rings (SSSR count). The molecule has 2 heterocycles. The normalized spacial score (nSPS) is 11.3. The van der Waals surface area contributed by atoms with E-state index in [0.717, 1.165) is 22.4 Å². The van der Waals surface area contributed by atoms with E-state index in [1.807, 2.05) is 60.8 Å². The number of anilines is 1. The molecule has 0 fully saturated rings. The van der Waals surface area contributed by atoms with E-state index in [9.17, 15) is 0 Å². The Labute approximate surface area is 133 Å². The largest absolute Gasteiger partial charge is 0.323 e. The molecule has 2 N–H and O–H groups in total. The maximum atomic E-state index is 4.42. The standard InChI is InChI=1S/C18H15N5/c1-2-7-14(8-3-1)23-12-6-9-15(23)13-19-22-18-20-16-10-4-5-11-17(16)21-18/h1-13H,(H2,20,21,22)/b19-13-. The number of hydrogen-bond acceptors (Lipinski definition) is 3. The molecule has 2 aromatic carbocycles. The minimum Gasteiger partial charge on any atom is -0.323 e. The molecule has 0 aliphatic heterocycles. The highest BCUT2D eigenvalue weighted by Crippen LogP contribution is 2.14. The summed E-state index contributed by atoms with van der Waals surface area (Å²) in [5.41, 5.74) is 6.92. The van der Waals surface area contributed by atoms with Gasteiger partial charge in [0.2, 0.25) is 5.95 Å². The van der Waals surface area contributed by atoms with E-state index in [4.69, 9.17) is 0 Å². The van der Waals surface area contributed by atoms with Gasteiger partial charge in [-0.2, -0.15) is 5.10 Å². The van der Waals surface area contributed by atoms with Crippen LogP contribution in [0.15, 0.2) is 78.0 Å². The third-order valence-corrected chi connectivity index (χ3v) is 3.57. The van der Waals surface area contributed by atoms with E-state index in [-0.39, 0.29) is 0 Å². The van der Waals surface area contributed by atoms with Gasteiger partial charge in [0.25, 0.3) is 0 Å². The molecule has 4 aromatic rings. The number of nitrogens with zero attached hydrogens (tertiary/aromatic N) is 3. The van der Waals surface area contributed by atoms with Gasteiger partial charge in [0.1, 0.15) is 0 Å². The second-order valence-corrected chi connectivity index (χ2v) is 5.11. The lowest BCUT2D eigenvalue weighted by Crippen LogP contribution is -1.99. The smallest absolute Gasteiger partial charge is 0.222 e. The second kappa shape index (κ2) is 5.81. The Morgan fingerprint density at radius 1 is 0.957 bits per heavy atom. The molecular weight excluding hydrogens is 286 g/mol. The monoisotopic (exact) mass is 301 g/mol. The predicted molar refractivity (Wildman–Crippen MR) is 93.1 cm³/mol. The molecular formula is C18H15N5. The van der Waals surface area contributed by atoms with Gasteiger partial charge < -0.3 is 9.55 Å². The fourth-order valence-corrected chi connectivity index (χ4v) is 2.49. The van der Waals surface area contributed by atoms with Gasteiger partial charge in [-0.3, -0.25) is 0 Å². The first-order valence-electron chi connectivity index (χ1n) is 7.37. The van der Waals surface area contributed by atoms with E-state index < -0.39 is 0 Å². The van der Waals surface area contributed by atoms with Crippen molar-refractivity contribution in [2.24, 2.45) is 5.10 Å². The number of aromatic nitrogens is 3. The van der Waals surface area contributed by atoms with E-state index >= 15 is 0 Å². The van der Waals surface area contributed by atoms with Crippen LogP contribution >= 0.6 is 0 Å². The van der Waals surface area contributed by atoms with Crippen molar-refractivity contribution in [3.63, 3.8) is 0 Å². The van der Waals surface area contributed by atoms with Crippen molar-refractivity contribution in [1.82, 2.24) is 14.5 Å². The van der Waals surface area contributed by atoms with Crippen LogP contribution in [-0.2, 0) is 0 Å². The summed E-state index contributed by atoms with van der Waals surface area (Å²) in [6, 6.07) is 22.0. The summed E-state index contributed by atoms with van der Waals surface area (Å²) in [4.78, 5) is 7.60. The summed E-state index contributed by atoms with van der Waals surface area (Å²) in [5.74, 6) is 0.625. The Morgan fingerprint density at radius 2 is 1.78 bits per heavy atom. The van der Waals surface area contributed by atoms with Crippen molar-refractivity contribution >= 4 is 23.2 Å². The van der Waals surface area contributed by atoms with Crippen LogP contribution in [0.2, 0.25) is 0 Å². The Morgan fingerprint density at radius 3 is 2.65 bits per heavy atom. The zero-order valence-corrected chi connectivity index (χ0v) is 12.3. The van der Waals surface area contributed by atoms with Gasteiger partial charge in [-0.05, 0) is 36.4 Å². The number of aromatic amines is 1. The van der Waals surface area contributed by atoms with Gasteiger partial charge >= 0.3 is 0 Å². The Bertz CT molecular complexity index is 917. The van der Waals surface area contributed by atoms with Gasteiger partial charge in [-0.15, -0.1) is 0 Å². The molecule has 112 valence electrons. The van der Waals surface area contributed by atoms with Crippen molar-refractivity contribution in [2.45, 2.75) is 0 Å². The highest BCUT2D eigenvalue weighted by atomic mass is 15.4. The van der Waals surface area contributed by atoms with E-state index in [0.29, 0.717) is 5.95 Å². The highest BCUT2D eigenvalue weighted by molar-refractivity contribution is 5.80. The molecule has 0 atom stereocenters. The number of imidazole rings is 1. The van der Waals surface area contributed by atoms with Crippen LogP contribution < -0.4 is 5.43 Å². The molecule has 0 bridgehead atoms. The third-order valence-electron chi connectivity index (χ3n) is 3.57. The fraction of sp³-hybridized carbons (Fsp3) is 0. The van der Waals surface area contributed by atoms with Gasteiger partial charge in [0.15, 0.2) is 0 Å². The maximum absolute atomic E-state index is 4.42. The number of fused-ring (bicyclic) bond motifs is 1. The third kappa shape index (κ3) is 2.72. The van der Waals surface area contributed by atoms with Crippen LogP contribution in [0.3, 0.4) is 0 Å². The zero-order chi connectivity index (χ0) is 15.5. The average Bonchev–Trinajstić information content (AvgIpc) is 3.22. The number of benzene rings is 2. The zero-order valence-electron chi connectivity index (χ0n) is 12.3. The summed E-state index contributed by atoms with van der Waals surface area (Å²) in [6.45, 7) is 0. The number of nitrogens with one attached hydrogen (secondary N) is 2. The van der Waals surface area contributed by atoms with Crippen molar-refractivity contribution in [3.8, 4) is 5.69 Å². The summed E-state index contributed by atoms with van der Waals surface area (Å²) in [5, 5.41) is 4.28. The van der Waals surface area contributed by atoms with Crippen LogP contribution in [-0.4, -0.2) is 20.7 Å². The number of hydrogen-bond donors (Lipinski definition) is 2.